The lowest BCUT2D eigenvalue weighted by Gasteiger charge is -2.67. The minimum atomic E-state index is -1.94. The van der Waals surface area contributed by atoms with E-state index in [-0.39, 0.29) is 35.5 Å². The van der Waals surface area contributed by atoms with Gasteiger partial charge in [-0.2, -0.15) is 0 Å². The van der Waals surface area contributed by atoms with Gasteiger partial charge in [-0.25, -0.2) is 0 Å². The third kappa shape index (κ3) is 14.9. The lowest BCUT2D eigenvalue weighted by Crippen LogP contribution is -2.65. The van der Waals surface area contributed by atoms with Crippen LogP contribution in [0.4, 0.5) is 0 Å². The summed E-state index contributed by atoms with van der Waals surface area (Å²) in [4.78, 5) is 0. The highest BCUT2D eigenvalue weighted by Crippen LogP contribution is 2.75. The van der Waals surface area contributed by atoms with Crippen LogP contribution < -0.4 is 0 Å². The lowest BCUT2D eigenvalue weighted by atomic mass is 9.38. The van der Waals surface area contributed by atoms with Gasteiger partial charge in [0.1, 0.15) is 134 Å². The molecule has 580 valence electrons. The predicted molar refractivity (Wildman–Crippen MR) is 336 cm³/mol. The van der Waals surface area contributed by atoms with E-state index in [9.17, 15) is 107 Å². The quantitative estimate of drug-likeness (QED) is 0.0423. The first-order chi connectivity index (χ1) is 46.8. The summed E-state index contributed by atoms with van der Waals surface area (Å²) in [7, 11) is 0. The van der Waals surface area contributed by atoms with Gasteiger partial charge in [0.05, 0.1) is 69.7 Å². The first kappa shape index (κ1) is 80.9. The molecule has 21 N–H and O–H groups in total. The molecule has 0 amide bonds. The average Bonchev–Trinajstić information content (AvgIpc) is 1.20. The van der Waals surface area contributed by atoms with Crippen molar-refractivity contribution in [1.29, 1.82) is 0 Å². The normalized spacial score (nSPS) is 52.1. The van der Waals surface area contributed by atoms with E-state index < -0.39 is 264 Å². The van der Waals surface area contributed by atoms with Crippen molar-refractivity contribution in [2.24, 2.45) is 51.2 Å². The zero-order valence-electron chi connectivity index (χ0n) is 58.1. The molecule has 3 saturated carbocycles. The smallest absolute Gasteiger partial charge is 0.187 e. The van der Waals surface area contributed by atoms with Crippen molar-refractivity contribution >= 4 is 0 Å². The van der Waals surface area contributed by atoms with Crippen molar-refractivity contribution in [3.8, 4) is 0 Å². The highest BCUT2D eigenvalue weighted by Gasteiger charge is 2.71. The van der Waals surface area contributed by atoms with E-state index in [1.165, 1.54) is 20.8 Å². The van der Waals surface area contributed by atoms with Crippen molar-refractivity contribution < 1.29 is 164 Å². The fourth-order valence-corrected chi connectivity index (χ4v) is 18.6. The number of fused-ring (bicyclic) bond motifs is 5. The maximum absolute atomic E-state index is 12.9. The molecule has 40 atom stereocenters. The Bertz CT molecular complexity index is 2670. The van der Waals surface area contributed by atoms with Crippen LogP contribution in [-0.4, -0.2) is 349 Å². The molecule has 33 nitrogen and oxygen atoms in total. The Hall–Kier alpha value is -1.58. The van der Waals surface area contributed by atoms with Crippen molar-refractivity contribution in [1.82, 2.24) is 0 Å². The Morgan fingerprint density at radius 2 is 0.900 bits per heavy atom. The Balaban J connectivity index is 0.794. The van der Waals surface area contributed by atoms with Crippen LogP contribution in [0.25, 0.3) is 0 Å². The summed E-state index contributed by atoms with van der Waals surface area (Å²) >= 11 is 0. The topological polar surface area (TPSA) is 536 Å². The zero-order valence-corrected chi connectivity index (χ0v) is 58.1. The van der Waals surface area contributed by atoms with Gasteiger partial charge in [-0.3, -0.25) is 0 Å². The molecule has 6 heterocycles. The molecule has 9 fully saturated rings. The number of aliphatic hydroxyl groups is 21. The summed E-state index contributed by atoms with van der Waals surface area (Å²) in [5.74, 6) is -0.918. The molecule has 0 aromatic carbocycles. The third-order valence-electron chi connectivity index (χ3n) is 25.3. The molecule has 0 spiro atoms. The van der Waals surface area contributed by atoms with Gasteiger partial charge in [0.25, 0.3) is 0 Å². The maximum Gasteiger partial charge on any atom is 0.187 e. The van der Waals surface area contributed by atoms with Crippen LogP contribution in [0.5, 0.6) is 0 Å². The highest BCUT2D eigenvalue weighted by atomic mass is 16.8. The van der Waals surface area contributed by atoms with Crippen LogP contribution >= 0.6 is 0 Å². The van der Waals surface area contributed by atoms with Crippen LogP contribution in [0.1, 0.15) is 114 Å². The van der Waals surface area contributed by atoms with Crippen LogP contribution in [0, 0.1) is 51.2 Å². The first-order valence-corrected chi connectivity index (χ1v) is 35.4. The summed E-state index contributed by atoms with van der Waals surface area (Å²) in [5.41, 5.74) is -2.64. The second-order valence-electron chi connectivity index (χ2n) is 31.9. The summed E-state index contributed by atoms with van der Waals surface area (Å²) in [6.07, 6.45) is -43.7. The minimum absolute atomic E-state index is 0.00411. The molecule has 0 radical (unpaired) electrons. The van der Waals surface area contributed by atoms with Gasteiger partial charge in [-0.05, 0) is 99.7 Å². The molecule has 4 aliphatic carbocycles. The SMILES string of the molecule is C[C@@H]1[C@@H](O)[C@H](OC[C@H]2O[C@@H](O[C@H](CC[C@@H](C)C3CC[C@@]4(C)C5CC=C6C(CC[C@H](O[C@@H]7O[C@H](CO[C@H]8O[C@H](COC9O[C@@H](CO)[C@H](O)[C@@H](O)[C@@H]9O)[C@@H](O)[C@H](O)[C@H]8O)[C@@H](O)[C@H](O)[C@H]7O)C6(C)C)[C@]5(C)[C@H](O)C[C@]34C)C(C)(C)O)[C@H](O[C@H]3O[C@@H](CO)[C@H](O)[C@@H](O)[C@@H]3O)[C@@H](O)[C@@H]2O)O[C@H](CO)[C@H]1O. The molecule has 0 bridgehead atoms. The highest BCUT2D eigenvalue weighted by molar-refractivity contribution is 5.32. The second-order valence-corrected chi connectivity index (χ2v) is 31.9. The van der Waals surface area contributed by atoms with Gasteiger partial charge in [0.2, 0.25) is 0 Å². The number of allylic oxidation sites excluding steroid dienone is 1. The summed E-state index contributed by atoms with van der Waals surface area (Å²) in [5, 5.41) is 229. The van der Waals surface area contributed by atoms with Gasteiger partial charge in [-0.15, -0.1) is 0 Å². The van der Waals surface area contributed by atoms with Crippen LogP contribution in [-0.2, 0) is 56.8 Å². The standard InChI is InChI=1S/C67H114O33/c1-25(10-14-39(64(5,6)88)99-62-56(100-61-55(87)48(80)43(75)32(21-70)94-61)51(83)46(78)35(97-62)24-89-57-41(73)26(2)40(72)30(19-68)92-57)27-16-17-65(7)36-13-11-28-29(67(36,9)37(71)18-66(27,65)8)12-15-38(63(28,3)4)98-60-54(86)50(82)45(77)34(96-60)23-91-59-53(85)49(81)44(76)33(95-59)22-90-58-52(84)47(79)42(74)31(20-69)93-58/h11,25-27,29-62,68-88H,10,12-24H2,1-9H3/t25-,26+,27?,29?,30-,31+,32+,33-,34-,35-,36?,37-,38+,39-,40+,41-,42+,43+,44-,45-,46-,47-,48-,49+,50+,51+,52+,53-,54-,55+,56-,57-,58?,59+,60+,61-,62+,65+,66-,67+/m1/s1. The van der Waals surface area contributed by atoms with Crippen molar-refractivity contribution in [3.05, 3.63) is 11.6 Å². The van der Waals surface area contributed by atoms with Gasteiger partial charge in [0, 0.05) is 16.7 Å². The lowest BCUT2D eigenvalue weighted by molar-refractivity contribution is -0.380. The van der Waals surface area contributed by atoms with Gasteiger partial charge in [-0.1, -0.05) is 60.1 Å². The Morgan fingerprint density at radius 1 is 0.480 bits per heavy atom. The number of hydrogen-bond donors (Lipinski definition) is 21. The fraction of sp³-hybridized carbons (Fsp3) is 0.970. The molecule has 4 unspecified atom stereocenters. The number of ether oxygens (including phenoxy) is 12. The number of rotatable bonds is 23. The predicted octanol–water partition coefficient (Wildman–Crippen LogP) is -6.31. The summed E-state index contributed by atoms with van der Waals surface area (Å²) in [6.45, 7) is 13.6. The molecule has 100 heavy (non-hydrogen) atoms. The van der Waals surface area contributed by atoms with E-state index >= 15 is 0 Å². The fourth-order valence-electron chi connectivity index (χ4n) is 18.6. The van der Waals surface area contributed by atoms with E-state index in [2.05, 4.69) is 33.8 Å². The number of aliphatic hydroxyl groups excluding tert-OH is 20. The summed E-state index contributed by atoms with van der Waals surface area (Å²) in [6, 6.07) is 0. The molecule has 0 aromatic rings. The molecule has 10 rings (SSSR count). The maximum atomic E-state index is 12.9. The second kappa shape index (κ2) is 31.6. The van der Waals surface area contributed by atoms with Crippen LogP contribution in [0.2, 0.25) is 0 Å². The average molecular weight is 1450 g/mol. The van der Waals surface area contributed by atoms with E-state index in [0.29, 0.717) is 32.1 Å². The van der Waals surface area contributed by atoms with Gasteiger partial charge >= 0.3 is 0 Å². The number of hydrogen-bond acceptors (Lipinski definition) is 33. The Kier molecular flexibility index (Phi) is 25.5. The van der Waals surface area contributed by atoms with Gasteiger partial charge in [0.15, 0.2) is 37.7 Å². The van der Waals surface area contributed by atoms with Crippen LogP contribution in [0.3, 0.4) is 0 Å². The van der Waals surface area contributed by atoms with Crippen molar-refractivity contribution in [2.75, 3.05) is 39.6 Å². The monoisotopic (exact) mass is 1450 g/mol. The molecule has 6 saturated heterocycles. The Labute approximate surface area is 580 Å². The van der Waals surface area contributed by atoms with E-state index in [0.717, 1.165) is 18.4 Å². The van der Waals surface area contributed by atoms with Gasteiger partial charge < -0.3 is 164 Å². The van der Waals surface area contributed by atoms with Crippen molar-refractivity contribution in [3.63, 3.8) is 0 Å². The zero-order chi connectivity index (χ0) is 73.5. The van der Waals surface area contributed by atoms with E-state index in [1.807, 2.05) is 13.8 Å². The van der Waals surface area contributed by atoms with Crippen molar-refractivity contribution in [2.45, 2.75) is 316 Å². The first-order valence-electron chi connectivity index (χ1n) is 35.4. The summed E-state index contributed by atoms with van der Waals surface area (Å²) < 4.78 is 71.3. The van der Waals surface area contributed by atoms with E-state index in [4.69, 9.17) is 56.8 Å². The molecular weight excluding hydrogens is 1330 g/mol. The largest absolute Gasteiger partial charge is 0.394 e. The minimum Gasteiger partial charge on any atom is -0.394 e. The molecule has 0 aromatic heterocycles. The third-order valence-corrected chi connectivity index (χ3v) is 25.3. The van der Waals surface area contributed by atoms with Crippen LogP contribution in [0.15, 0.2) is 11.6 Å². The molecular formula is C67H114O33. The molecule has 6 aliphatic heterocycles. The molecule has 33 heteroatoms. The Morgan fingerprint density at radius 3 is 1.40 bits per heavy atom. The van der Waals surface area contributed by atoms with E-state index in [1.54, 1.807) is 0 Å². The molecule has 10 aliphatic rings.